The molecule has 2 atom stereocenters. The van der Waals surface area contributed by atoms with Crippen LogP contribution in [0.4, 0.5) is 0 Å². The molecule has 3 heteroatoms. The molecule has 0 N–H and O–H groups in total. The normalized spacial score (nSPS) is 18.6. The predicted octanol–water partition coefficient (Wildman–Crippen LogP) is 6.58. The summed E-state index contributed by atoms with van der Waals surface area (Å²) in [6, 6.07) is 0. The van der Waals surface area contributed by atoms with Crippen molar-refractivity contribution in [3.05, 3.63) is 0 Å². The Morgan fingerprint density at radius 2 is 1.32 bits per heavy atom. The Hall–Kier alpha value is -0.860. The van der Waals surface area contributed by atoms with Gasteiger partial charge in [0.25, 0.3) is 0 Å². The van der Waals surface area contributed by atoms with Gasteiger partial charge in [0, 0.05) is 0 Å². The summed E-state index contributed by atoms with van der Waals surface area (Å²) in [6.45, 7) is 4.46. The Kier molecular flexibility index (Phi) is 12.7. The quantitative estimate of drug-likeness (QED) is 0.179. The largest absolute Gasteiger partial charge is 0.393 e. The lowest BCUT2D eigenvalue weighted by atomic mass is 9.90. The Labute approximate surface area is 155 Å². The van der Waals surface area contributed by atoms with E-state index in [1.54, 1.807) is 0 Å². The van der Waals surface area contributed by atoms with Crippen molar-refractivity contribution < 1.29 is 14.3 Å². The molecule has 3 nitrogen and oxygen atoms in total. The fraction of sp³-hybridized carbons (Fsp3) is 0.909. The van der Waals surface area contributed by atoms with Crippen LogP contribution < -0.4 is 0 Å². The van der Waals surface area contributed by atoms with Crippen LogP contribution in [0.5, 0.6) is 0 Å². The Balaban J connectivity index is 1.82. The van der Waals surface area contributed by atoms with Gasteiger partial charge >= 0.3 is 11.9 Å². The van der Waals surface area contributed by atoms with E-state index in [4.69, 9.17) is 0 Å². The number of rotatable bonds is 16. The summed E-state index contributed by atoms with van der Waals surface area (Å²) >= 11 is 0. The highest BCUT2D eigenvalue weighted by Crippen LogP contribution is 2.26. The molecular formula is C22H40O3. The third-order valence-corrected chi connectivity index (χ3v) is 5.45. The summed E-state index contributed by atoms with van der Waals surface area (Å²) in [7, 11) is 0. The summed E-state index contributed by atoms with van der Waals surface area (Å²) in [5, 5.41) is 0. The second kappa shape index (κ2) is 14.3. The van der Waals surface area contributed by atoms with Gasteiger partial charge in [-0.3, -0.25) is 9.59 Å². The maximum atomic E-state index is 11.5. The van der Waals surface area contributed by atoms with E-state index in [-0.39, 0.29) is 17.9 Å². The highest BCUT2D eigenvalue weighted by Gasteiger charge is 2.33. The van der Waals surface area contributed by atoms with Crippen molar-refractivity contribution in [2.24, 2.45) is 11.8 Å². The monoisotopic (exact) mass is 352 g/mol. The minimum absolute atomic E-state index is 0.176. The zero-order chi connectivity index (χ0) is 18.3. The SMILES string of the molecule is CCCCCCCCCCCCCCCC(C)CC1CC(=O)OC1=O. The molecule has 1 aliphatic heterocycles. The zero-order valence-corrected chi connectivity index (χ0v) is 16.7. The molecule has 0 aliphatic carbocycles. The summed E-state index contributed by atoms with van der Waals surface area (Å²) < 4.78 is 4.62. The van der Waals surface area contributed by atoms with Crippen LogP contribution >= 0.6 is 0 Å². The molecule has 1 heterocycles. The average Bonchev–Trinajstić information content (AvgIpc) is 2.89. The molecule has 0 radical (unpaired) electrons. The zero-order valence-electron chi connectivity index (χ0n) is 16.7. The number of esters is 2. The molecule has 1 fully saturated rings. The summed E-state index contributed by atoms with van der Waals surface area (Å²) in [5.74, 6) is -0.314. The van der Waals surface area contributed by atoms with Crippen LogP contribution in [-0.4, -0.2) is 11.9 Å². The Bertz CT molecular complexity index is 364. The molecular weight excluding hydrogens is 312 g/mol. The number of hydrogen-bond acceptors (Lipinski definition) is 3. The van der Waals surface area contributed by atoms with Crippen molar-refractivity contribution in [3.8, 4) is 0 Å². The lowest BCUT2D eigenvalue weighted by Gasteiger charge is -2.13. The molecule has 0 aromatic carbocycles. The molecule has 2 unspecified atom stereocenters. The van der Waals surface area contributed by atoms with Gasteiger partial charge in [0.1, 0.15) is 0 Å². The second-order valence-corrected chi connectivity index (χ2v) is 8.07. The third-order valence-electron chi connectivity index (χ3n) is 5.45. The van der Waals surface area contributed by atoms with Gasteiger partial charge in [-0.05, 0) is 12.3 Å². The molecule has 0 bridgehead atoms. The first-order valence-electron chi connectivity index (χ1n) is 10.9. The number of carbonyl (C=O) groups excluding carboxylic acids is 2. The van der Waals surface area contributed by atoms with Crippen LogP contribution in [0, 0.1) is 11.8 Å². The van der Waals surface area contributed by atoms with Gasteiger partial charge in [0.2, 0.25) is 0 Å². The smallest absolute Gasteiger partial charge is 0.317 e. The number of cyclic esters (lactones) is 2. The van der Waals surface area contributed by atoms with Gasteiger partial charge < -0.3 is 4.74 Å². The van der Waals surface area contributed by atoms with Crippen LogP contribution in [0.3, 0.4) is 0 Å². The molecule has 0 aromatic heterocycles. The van der Waals surface area contributed by atoms with E-state index in [9.17, 15) is 9.59 Å². The first kappa shape index (κ1) is 22.2. The molecule has 0 saturated carbocycles. The highest BCUT2D eigenvalue weighted by atomic mass is 16.6. The van der Waals surface area contributed by atoms with Crippen molar-refractivity contribution in [1.82, 2.24) is 0 Å². The first-order valence-corrected chi connectivity index (χ1v) is 10.9. The lowest BCUT2D eigenvalue weighted by Crippen LogP contribution is -2.11. The third kappa shape index (κ3) is 11.4. The topological polar surface area (TPSA) is 43.4 Å². The van der Waals surface area contributed by atoms with E-state index in [1.165, 1.54) is 83.5 Å². The van der Waals surface area contributed by atoms with Crippen LogP contribution in [0.25, 0.3) is 0 Å². The number of hydrogen-bond donors (Lipinski definition) is 0. The molecule has 25 heavy (non-hydrogen) atoms. The van der Waals surface area contributed by atoms with Gasteiger partial charge in [0.15, 0.2) is 0 Å². The molecule has 1 rings (SSSR count). The number of unbranched alkanes of at least 4 members (excludes halogenated alkanes) is 12. The van der Waals surface area contributed by atoms with Crippen molar-refractivity contribution in [2.75, 3.05) is 0 Å². The van der Waals surface area contributed by atoms with E-state index in [0.29, 0.717) is 12.3 Å². The Morgan fingerprint density at radius 3 is 1.76 bits per heavy atom. The summed E-state index contributed by atoms with van der Waals surface area (Å²) in [4.78, 5) is 22.6. The summed E-state index contributed by atoms with van der Waals surface area (Å²) in [6.07, 6.45) is 20.2. The second-order valence-electron chi connectivity index (χ2n) is 8.07. The van der Waals surface area contributed by atoms with E-state index in [2.05, 4.69) is 18.6 Å². The molecule has 0 amide bonds. The first-order chi connectivity index (χ1) is 12.1. The molecule has 146 valence electrons. The Morgan fingerprint density at radius 1 is 0.840 bits per heavy atom. The summed E-state index contributed by atoms with van der Waals surface area (Å²) in [5.41, 5.74) is 0. The van der Waals surface area contributed by atoms with Crippen molar-refractivity contribution in [2.45, 2.75) is 117 Å². The van der Waals surface area contributed by atoms with Gasteiger partial charge in [-0.1, -0.05) is 104 Å². The van der Waals surface area contributed by atoms with Crippen LogP contribution in [0.15, 0.2) is 0 Å². The van der Waals surface area contributed by atoms with Crippen LogP contribution in [0.1, 0.15) is 117 Å². The number of carbonyl (C=O) groups is 2. The lowest BCUT2D eigenvalue weighted by molar-refractivity contribution is -0.153. The minimum atomic E-state index is -0.344. The average molecular weight is 353 g/mol. The van der Waals surface area contributed by atoms with Crippen LogP contribution in [-0.2, 0) is 14.3 Å². The van der Waals surface area contributed by atoms with Gasteiger partial charge in [-0.15, -0.1) is 0 Å². The molecule has 1 saturated heterocycles. The highest BCUT2D eigenvalue weighted by molar-refractivity contribution is 5.94. The maximum absolute atomic E-state index is 11.5. The van der Waals surface area contributed by atoms with Crippen molar-refractivity contribution in [3.63, 3.8) is 0 Å². The molecule has 1 aliphatic rings. The standard InChI is InChI=1S/C22H40O3/c1-3-4-5-6-7-8-9-10-11-12-13-14-15-16-19(2)17-20-18-21(23)25-22(20)24/h19-20H,3-18H2,1-2H3. The predicted molar refractivity (Wildman–Crippen MR) is 103 cm³/mol. The van der Waals surface area contributed by atoms with E-state index in [1.807, 2.05) is 0 Å². The fourth-order valence-corrected chi connectivity index (χ4v) is 3.82. The molecule has 0 spiro atoms. The van der Waals surface area contributed by atoms with E-state index in [0.717, 1.165) is 12.8 Å². The van der Waals surface area contributed by atoms with Gasteiger partial charge in [0.05, 0.1) is 12.3 Å². The van der Waals surface area contributed by atoms with Crippen molar-refractivity contribution in [1.29, 1.82) is 0 Å². The van der Waals surface area contributed by atoms with Crippen LogP contribution in [0.2, 0.25) is 0 Å². The van der Waals surface area contributed by atoms with Gasteiger partial charge in [-0.2, -0.15) is 0 Å². The van der Waals surface area contributed by atoms with Crippen molar-refractivity contribution >= 4 is 11.9 Å². The van der Waals surface area contributed by atoms with E-state index >= 15 is 0 Å². The van der Waals surface area contributed by atoms with Gasteiger partial charge in [-0.25, -0.2) is 0 Å². The molecule has 0 aromatic rings. The fourth-order valence-electron chi connectivity index (χ4n) is 3.82. The number of ether oxygens (including phenoxy) is 1. The minimum Gasteiger partial charge on any atom is -0.393 e. The maximum Gasteiger partial charge on any atom is 0.317 e. The van der Waals surface area contributed by atoms with E-state index < -0.39 is 0 Å².